The van der Waals surface area contributed by atoms with Crippen molar-refractivity contribution in [1.29, 1.82) is 0 Å². The molecule has 1 atom stereocenters. The molecule has 1 unspecified atom stereocenters. The van der Waals surface area contributed by atoms with Crippen LogP contribution in [0.3, 0.4) is 0 Å². The summed E-state index contributed by atoms with van der Waals surface area (Å²) in [7, 11) is 1.67. The number of methoxy groups -OCH3 is 1. The topological polar surface area (TPSA) is 44.8 Å². The van der Waals surface area contributed by atoms with Gasteiger partial charge >= 0.3 is 0 Å². The predicted molar refractivity (Wildman–Crippen MR) is 99.9 cm³/mol. The standard InChI is InChI=1S/C20H31N3O2/c1-25-19-7-4-17(5-8-19)6-9-20(24)23-13-11-22(12-14-23)16-18-3-2-10-21-15-18/h4-5,7-8,18,21H,2-3,6,9-16H2,1H3. The molecular weight excluding hydrogens is 314 g/mol. The first kappa shape index (κ1) is 18.2. The van der Waals surface area contributed by atoms with E-state index < -0.39 is 0 Å². The summed E-state index contributed by atoms with van der Waals surface area (Å²) in [4.78, 5) is 17.0. The molecule has 1 aromatic carbocycles. The molecule has 0 aromatic heterocycles. The van der Waals surface area contributed by atoms with E-state index in [1.54, 1.807) is 7.11 Å². The fraction of sp³-hybridized carbons (Fsp3) is 0.650. The van der Waals surface area contributed by atoms with E-state index in [9.17, 15) is 4.79 Å². The van der Waals surface area contributed by atoms with Gasteiger partial charge in [-0.05, 0) is 56.0 Å². The second-order valence-corrected chi connectivity index (χ2v) is 7.24. The zero-order valence-electron chi connectivity index (χ0n) is 15.4. The lowest BCUT2D eigenvalue weighted by atomic mass is 9.99. The Morgan fingerprint density at radius 1 is 1.20 bits per heavy atom. The van der Waals surface area contributed by atoms with Crippen LogP contribution in [0.25, 0.3) is 0 Å². The summed E-state index contributed by atoms with van der Waals surface area (Å²) in [5.41, 5.74) is 1.19. The van der Waals surface area contributed by atoms with Gasteiger partial charge in [0.05, 0.1) is 7.11 Å². The molecule has 1 N–H and O–H groups in total. The lowest BCUT2D eigenvalue weighted by Crippen LogP contribution is -2.50. The molecule has 1 amide bonds. The summed E-state index contributed by atoms with van der Waals surface area (Å²) in [5.74, 6) is 1.93. The molecule has 5 heteroatoms. The number of ether oxygens (including phenoxy) is 1. The Labute approximate surface area is 151 Å². The van der Waals surface area contributed by atoms with Gasteiger partial charge in [-0.25, -0.2) is 0 Å². The van der Waals surface area contributed by atoms with Crippen LogP contribution in [0.15, 0.2) is 24.3 Å². The van der Waals surface area contributed by atoms with Crippen molar-refractivity contribution in [3.05, 3.63) is 29.8 Å². The fourth-order valence-corrected chi connectivity index (χ4v) is 3.83. The Morgan fingerprint density at radius 3 is 2.60 bits per heavy atom. The maximum atomic E-state index is 12.5. The Balaban J connectivity index is 1.37. The Morgan fingerprint density at radius 2 is 1.96 bits per heavy atom. The molecule has 3 rings (SSSR count). The average Bonchev–Trinajstić information content (AvgIpc) is 2.68. The van der Waals surface area contributed by atoms with Crippen LogP contribution in [-0.2, 0) is 11.2 Å². The van der Waals surface area contributed by atoms with Gasteiger partial charge in [0.1, 0.15) is 5.75 Å². The predicted octanol–water partition coefficient (Wildman–Crippen LogP) is 1.77. The Hall–Kier alpha value is -1.59. The zero-order chi connectivity index (χ0) is 17.5. The van der Waals surface area contributed by atoms with Crippen molar-refractivity contribution >= 4 is 5.91 Å². The van der Waals surface area contributed by atoms with Gasteiger partial charge in [0, 0.05) is 39.1 Å². The van der Waals surface area contributed by atoms with Crippen LogP contribution in [0.1, 0.15) is 24.8 Å². The number of rotatable bonds is 6. The van der Waals surface area contributed by atoms with Crippen molar-refractivity contribution in [1.82, 2.24) is 15.1 Å². The van der Waals surface area contributed by atoms with Gasteiger partial charge < -0.3 is 15.0 Å². The molecule has 0 saturated carbocycles. The Bertz CT molecular complexity index is 532. The van der Waals surface area contributed by atoms with E-state index in [1.807, 2.05) is 29.2 Å². The molecule has 0 spiro atoms. The minimum Gasteiger partial charge on any atom is -0.497 e. The van der Waals surface area contributed by atoms with Crippen LogP contribution in [0, 0.1) is 5.92 Å². The molecule has 0 aliphatic carbocycles. The molecule has 2 aliphatic rings. The SMILES string of the molecule is COc1ccc(CCC(=O)N2CCN(CC3CCCNC3)CC2)cc1. The number of carbonyl (C=O) groups excluding carboxylic acids is 1. The summed E-state index contributed by atoms with van der Waals surface area (Å²) in [5, 5.41) is 3.49. The van der Waals surface area contributed by atoms with Crippen molar-refractivity contribution in [3.63, 3.8) is 0 Å². The van der Waals surface area contributed by atoms with Crippen LogP contribution in [0.5, 0.6) is 5.75 Å². The van der Waals surface area contributed by atoms with Crippen molar-refractivity contribution < 1.29 is 9.53 Å². The molecule has 138 valence electrons. The van der Waals surface area contributed by atoms with Crippen molar-refractivity contribution in [2.24, 2.45) is 5.92 Å². The third-order valence-electron chi connectivity index (χ3n) is 5.43. The second-order valence-electron chi connectivity index (χ2n) is 7.24. The van der Waals surface area contributed by atoms with Crippen LogP contribution in [0.4, 0.5) is 0 Å². The van der Waals surface area contributed by atoms with E-state index in [2.05, 4.69) is 10.2 Å². The Kier molecular flexibility index (Phi) is 6.70. The average molecular weight is 345 g/mol. The summed E-state index contributed by atoms with van der Waals surface area (Å²) in [6.45, 7) is 7.30. The van der Waals surface area contributed by atoms with Crippen molar-refractivity contribution in [2.45, 2.75) is 25.7 Å². The third kappa shape index (κ3) is 5.44. The first-order valence-corrected chi connectivity index (χ1v) is 9.58. The highest BCUT2D eigenvalue weighted by molar-refractivity contribution is 5.76. The smallest absolute Gasteiger partial charge is 0.222 e. The number of nitrogens with zero attached hydrogens (tertiary/aromatic N) is 2. The first-order valence-electron chi connectivity index (χ1n) is 9.58. The summed E-state index contributed by atoms with van der Waals surface area (Å²) in [6, 6.07) is 8.00. The molecule has 5 nitrogen and oxygen atoms in total. The number of amides is 1. The van der Waals surface area contributed by atoms with E-state index in [0.29, 0.717) is 6.42 Å². The number of carbonyl (C=O) groups is 1. The quantitative estimate of drug-likeness (QED) is 0.853. The molecule has 2 heterocycles. The monoisotopic (exact) mass is 345 g/mol. The second kappa shape index (κ2) is 9.20. The maximum Gasteiger partial charge on any atom is 0.222 e. The molecule has 1 aromatic rings. The van der Waals surface area contributed by atoms with Crippen LogP contribution in [0.2, 0.25) is 0 Å². The highest BCUT2D eigenvalue weighted by Crippen LogP contribution is 2.15. The van der Waals surface area contributed by atoms with E-state index in [-0.39, 0.29) is 5.91 Å². The number of benzene rings is 1. The van der Waals surface area contributed by atoms with Crippen LogP contribution >= 0.6 is 0 Å². The number of piperidine rings is 1. The van der Waals surface area contributed by atoms with E-state index in [0.717, 1.165) is 50.8 Å². The minimum absolute atomic E-state index is 0.287. The minimum atomic E-state index is 0.287. The lowest BCUT2D eigenvalue weighted by molar-refractivity contribution is -0.133. The van der Waals surface area contributed by atoms with Crippen LogP contribution < -0.4 is 10.1 Å². The van der Waals surface area contributed by atoms with Crippen LogP contribution in [-0.4, -0.2) is 68.6 Å². The summed E-state index contributed by atoms with van der Waals surface area (Å²) < 4.78 is 5.17. The van der Waals surface area contributed by atoms with Gasteiger partial charge in [0.2, 0.25) is 5.91 Å². The summed E-state index contributed by atoms with van der Waals surface area (Å²) >= 11 is 0. The van der Waals surface area contributed by atoms with Crippen molar-refractivity contribution in [2.75, 3.05) is 52.9 Å². The normalized spacial score (nSPS) is 22.0. The zero-order valence-corrected chi connectivity index (χ0v) is 15.4. The number of nitrogens with one attached hydrogen (secondary N) is 1. The molecular formula is C20H31N3O2. The van der Waals surface area contributed by atoms with Gasteiger partial charge in [-0.15, -0.1) is 0 Å². The molecule has 25 heavy (non-hydrogen) atoms. The highest BCUT2D eigenvalue weighted by atomic mass is 16.5. The highest BCUT2D eigenvalue weighted by Gasteiger charge is 2.23. The number of hydrogen-bond acceptors (Lipinski definition) is 4. The number of piperazine rings is 1. The molecule has 2 saturated heterocycles. The number of hydrogen-bond donors (Lipinski definition) is 1. The molecule has 2 aliphatic heterocycles. The van der Waals surface area contributed by atoms with Gasteiger partial charge in [0.15, 0.2) is 0 Å². The third-order valence-corrected chi connectivity index (χ3v) is 5.43. The first-order chi connectivity index (χ1) is 12.2. The molecule has 2 fully saturated rings. The number of aryl methyl sites for hydroxylation is 1. The summed E-state index contributed by atoms with van der Waals surface area (Å²) in [6.07, 6.45) is 4.04. The van der Waals surface area contributed by atoms with Gasteiger partial charge in [-0.2, -0.15) is 0 Å². The van der Waals surface area contributed by atoms with E-state index >= 15 is 0 Å². The van der Waals surface area contributed by atoms with E-state index in [4.69, 9.17) is 4.74 Å². The van der Waals surface area contributed by atoms with Gasteiger partial charge in [-0.3, -0.25) is 9.69 Å². The largest absolute Gasteiger partial charge is 0.497 e. The fourth-order valence-electron chi connectivity index (χ4n) is 3.83. The van der Waals surface area contributed by atoms with Crippen molar-refractivity contribution in [3.8, 4) is 5.75 Å². The van der Waals surface area contributed by atoms with Gasteiger partial charge in [0.25, 0.3) is 0 Å². The molecule has 0 bridgehead atoms. The molecule has 0 radical (unpaired) electrons. The maximum absolute atomic E-state index is 12.5. The van der Waals surface area contributed by atoms with Gasteiger partial charge in [-0.1, -0.05) is 12.1 Å². The van der Waals surface area contributed by atoms with E-state index in [1.165, 1.54) is 31.5 Å². The lowest BCUT2D eigenvalue weighted by Gasteiger charge is -2.37.